The van der Waals surface area contributed by atoms with Crippen LogP contribution < -0.4 is 9.88 Å². The minimum Gasteiger partial charge on any atom is -0.497 e. The number of benzene rings is 1. The van der Waals surface area contributed by atoms with Crippen molar-refractivity contribution < 1.29 is 13.2 Å². The zero-order valence-electron chi connectivity index (χ0n) is 10.9. The Balaban J connectivity index is 2.71. The van der Waals surface area contributed by atoms with E-state index < -0.39 is 10.0 Å². The van der Waals surface area contributed by atoms with Crippen LogP contribution >= 0.6 is 0 Å². The fourth-order valence-electron chi connectivity index (χ4n) is 1.80. The number of primary sulfonamides is 1. The molecule has 1 aromatic carbocycles. The number of nitriles is 1. The molecule has 0 aliphatic heterocycles. The average Bonchev–Trinajstić information content (AvgIpc) is 2.75. The van der Waals surface area contributed by atoms with E-state index in [0.717, 1.165) is 4.68 Å². The predicted octanol–water partition coefficient (Wildman–Crippen LogP) is 0.708. The third-order valence-electron chi connectivity index (χ3n) is 2.72. The van der Waals surface area contributed by atoms with Gasteiger partial charge in [-0.3, -0.25) is 0 Å². The zero-order valence-corrected chi connectivity index (χ0v) is 11.7. The number of rotatable bonds is 3. The first kappa shape index (κ1) is 14.0. The molecule has 0 radical (unpaired) electrons. The fraction of sp³-hybridized carbons (Fsp3) is 0.167. The molecule has 8 heteroatoms. The van der Waals surface area contributed by atoms with Crippen molar-refractivity contribution in [2.45, 2.75) is 11.9 Å². The summed E-state index contributed by atoms with van der Waals surface area (Å²) in [4.78, 5) is 0. The topological polar surface area (TPSA) is 111 Å². The van der Waals surface area contributed by atoms with E-state index in [4.69, 9.17) is 15.1 Å². The quantitative estimate of drug-likeness (QED) is 0.895. The molecule has 2 N–H and O–H groups in total. The van der Waals surface area contributed by atoms with Gasteiger partial charge in [-0.2, -0.15) is 10.4 Å². The van der Waals surface area contributed by atoms with E-state index in [9.17, 15) is 8.42 Å². The number of ether oxygens (including phenoxy) is 1. The summed E-state index contributed by atoms with van der Waals surface area (Å²) in [6, 6.07) is 8.38. The molecule has 104 valence electrons. The van der Waals surface area contributed by atoms with Crippen molar-refractivity contribution in [2.24, 2.45) is 5.14 Å². The maximum Gasteiger partial charge on any atom is 0.257 e. The molecule has 0 saturated carbocycles. The van der Waals surface area contributed by atoms with Gasteiger partial charge in [0.05, 0.1) is 18.5 Å². The fourth-order valence-corrected chi connectivity index (χ4v) is 2.66. The zero-order chi connectivity index (χ0) is 14.9. The molecule has 2 aromatic rings. The molecule has 0 saturated heterocycles. The summed E-state index contributed by atoms with van der Waals surface area (Å²) >= 11 is 0. The molecule has 7 nitrogen and oxygen atoms in total. The molecule has 20 heavy (non-hydrogen) atoms. The van der Waals surface area contributed by atoms with Crippen LogP contribution in [-0.4, -0.2) is 25.3 Å². The molecule has 0 amide bonds. The van der Waals surface area contributed by atoms with Gasteiger partial charge in [0, 0.05) is 0 Å². The number of nitrogens with two attached hydrogens (primary N) is 1. The molecule has 1 heterocycles. The number of aryl methyl sites for hydroxylation is 1. The van der Waals surface area contributed by atoms with Crippen LogP contribution in [0.5, 0.6) is 5.75 Å². The second kappa shape index (κ2) is 4.96. The smallest absolute Gasteiger partial charge is 0.257 e. The SMILES string of the molecule is COc1ccc(-n2nc(C)c(C#N)c2S(N)(=O)=O)cc1. The lowest BCUT2D eigenvalue weighted by molar-refractivity contribution is 0.414. The number of aromatic nitrogens is 2. The molecule has 0 bridgehead atoms. The highest BCUT2D eigenvalue weighted by Crippen LogP contribution is 2.23. The van der Waals surface area contributed by atoms with E-state index >= 15 is 0 Å². The number of hydrogen-bond acceptors (Lipinski definition) is 5. The number of methoxy groups -OCH3 is 1. The molecule has 0 aliphatic rings. The molecule has 1 aromatic heterocycles. The molecule has 0 fully saturated rings. The van der Waals surface area contributed by atoms with E-state index in [1.807, 2.05) is 6.07 Å². The molecule has 2 rings (SSSR count). The van der Waals surface area contributed by atoms with Gasteiger partial charge in [-0.05, 0) is 31.2 Å². The van der Waals surface area contributed by atoms with Crippen molar-refractivity contribution >= 4 is 10.0 Å². The van der Waals surface area contributed by atoms with Crippen molar-refractivity contribution in [3.63, 3.8) is 0 Å². The van der Waals surface area contributed by atoms with Crippen molar-refractivity contribution in [3.05, 3.63) is 35.5 Å². The Morgan fingerprint density at radius 1 is 1.35 bits per heavy atom. The van der Waals surface area contributed by atoms with Crippen LogP contribution in [0.1, 0.15) is 11.3 Å². The second-order valence-corrected chi connectivity index (χ2v) is 5.51. The summed E-state index contributed by atoms with van der Waals surface area (Å²) in [5.41, 5.74) is 0.718. The number of nitrogens with zero attached hydrogens (tertiary/aromatic N) is 3. The van der Waals surface area contributed by atoms with Crippen molar-refractivity contribution in [1.82, 2.24) is 9.78 Å². The minimum absolute atomic E-state index is 0.0525. The van der Waals surface area contributed by atoms with E-state index in [1.54, 1.807) is 31.2 Å². The van der Waals surface area contributed by atoms with Gasteiger partial charge in [0.15, 0.2) is 5.03 Å². The Labute approximate surface area is 116 Å². The van der Waals surface area contributed by atoms with Gasteiger partial charge >= 0.3 is 0 Å². The Bertz CT molecular complexity index is 785. The Kier molecular flexibility index (Phi) is 3.48. The summed E-state index contributed by atoms with van der Waals surface area (Å²) in [6.07, 6.45) is 0. The highest BCUT2D eigenvalue weighted by atomic mass is 32.2. The summed E-state index contributed by atoms with van der Waals surface area (Å²) in [5, 5.41) is 18.0. The molecule has 0 aliphatic carbocycles. The molecular formula is C12H12N4O3S. The van der Waals surface area contributed by atoms with Crippen LogP contribution in [0.25, 0.3) is 5.69 Å². The predicted molar refractivity (Wildman–Crippen MR) is 70.9 cm³/mol. The lowest BCUT2D eigenvalue weighted by Gasteiger charge is -2.07. The Hall–Kier alpha value is -2.37. The van der Waals surface area contributed by atoms with Crippen LogP contribution in [0.2, 0.25) is 0 Å². The minimum atomic E-state index is -4.07. The van der Waals surface area contributed by atoms with Crippen LogP contribution in [0.4, 0.5) is 0 Å². The lowest BCUT2D eigenvalue weighted by atomic mass is 10.3. The van der Waals surface area contributed by atoms with Gasteiger partial charge in [0.25, 0.3) is 10.0 Å². The summed E-state index contributed by atoms with van der Waals surface area (Å²) in [6.45, 7) is 1.55. The van der Waals surface area contributed by atoms with Gasteiger partial charge in [0.1, 0.15) is 17.4 Å². The summed E-state index contributed by atoms with van der Waals surface area (Å²) < 4.78 is 29.5. The third kappa shape index (κ3) is 2.36. The Morgan fingerprint density at radius 3 is 2.40 bits per heavy atom. The lowest BCUT2D eigenvalue weighted by Crippen LogP contribution is -2.18. The monoisotopic (exact) mass is 292 g/mol. The molecular weight excluding hydrogens is 280 g/mol. The molecule has 0 unspecified atom stereocenters. The van der Waals surface area contributed by atoms with Crippen molar-refractivity contribution in [1.29, 1.82) is 5.26 Å². The van der Waals surface area contributed by atoms with Gasteiger partial charge in [-0.15, -0.1) is 0 Å². The van der Waals surface area contributed by atoms with Gasteiger partial charge in [0.2, 0.25) is 0 Å². The highest BCUT2D eigenvalue weighted by Gasteiger charge is 2.25. The third-order valence-corrected chi connectivity index (χ3v) is 3.63. The van der Waals surface area contributed by atoms with Crippen LogP contribution in [0.3, 0.4) is 0 Å². The second-order valence-electron chi connectivity index (χ2n) is 4.03. The normalized spacial score (nSPS) is 11.1. The van der Waals surface area contributed by atoms with Crippen LogP contribution in [-0.2, 0) is 10.0 Å². The summed E-state index contributed by atoms with van der Waals surface area (Å²) in [5.74, 6) is 0.621. The maximum atomic E-state index is 11.7. The highest BCUT2D eigenvalue weighted by molar-refractivity contribution is 7.89. The van der Waals surface area contributed by atoms with Crippen LogP contribution in [0.15, 0.2) is 29.3 Å². The van der Waals surface area contributed by atoms with Gasteiger partial charge in [-0.1, -0.05) is 0 Å². The Morgan fingerprint density at radius 2 is 1.95 bits per heavy atom. The van der Waals surface area contributed by atoms with E-state index in [0.29, 0.717) is 17.1 Å². The number of hydrogen-bond donors (Lipinski definition) is 1. The van der Waals surface area contributed by atoms with Crippen molar-refractivity contribution in [2.75, 3.05) is 7.11 Å². The van der Waals surface area contributed by atoms with Gasteiger partial charge < -0.3 is 4.74 Å². The van der Waals surface area contributed by atoms with E-state index in [1.165, 1.54) is 7.11 Å². The van der Waals surface area contributed by atoms with Crippen molar-refractivity contribution in [3.8, 4) is 17.5 Å². The largest absolute Gasteiger partial charge is 0.497 e. The average molecular weight is 292 g/mol. The summed E-state index contributed by atoms with van der Waals surface area (Å²) in [7, 11) is -2.55. The first-order valence-electron chi connectivity index (χ1n) is 5.55. The number of sulfonamides is 1. The first-order chi connectivity index (χ1) is 9.38. The molecule has 0 spiro atoms. The van der Waals surface area contributed by atoms with Gasteiger partial charge in [-0.25, -0.2) is 18.2 Å². The van der Waals surface area contributed by atoms with E-state index in [-0.39, 0.29) is 10.6 Å². The maximum absolute atomic E-state index is 11.7. The molecule has 0 atom stereocenters. The van der Waals surface area contributed by atoms with Crippen LogP contribution in [0, 0.1) is 18.3 Å². The first-order valence-corrected chi connectivity index (χ1v) is 7.10. The standard InChI is InChI=1S/C12H12N4O3S/c1-8-11(7-13)12(20(14,17)18)16(15-8)9-3-5-10(19-2)6-4-9/h3-6H,1-2H3,(H2,14,17,18). The van der Waals surface area contributed by atoms with E-state index in [2.05, 4.69) is 5.10 Å².